The van der Waals surface area contributed by atoms with E-state index in [0.29, 0.717) is 6.54 Å². The van der Waals surface area contributed by atoms with E-state index in [0.717, 1.165) is 11.3 Å². The van der Waals surface area contributed by atoms with E-state index in [4.69, 9.17) is 5.11 Å². The van der Waals surface area contributed by atoms with Gasteiger partial charge < -0.3 is 10.4 Å². The second kappa shape index (κ2) is 4.36. The van der Waals surface area contributed by atoms with Crippen LogP contribution in [-0.4, -0.2) is 26.8 Å². The van der Waals surface area contributed by atoms with Crippen LogP contribution in [0.1, 0.15) is 25.1 Å². The Kier molecular flexibility index (Phi) is 3.12. The van der Waals surface area contributed by atoms with Crippen LogP contribution in [0.25, 0.3) is 0 Å². The number of aliphatic carboxylic acids is 1. The highest BCUT2D eigenvalue weighted by atomic mass is 16.4. The molecule has 1 fully saturated rings. The van der Waals surface area contributed by atoms with Gasteiger partial charge >= 0.3 is 5.97 Å². The third-order valence-electron chi connectivity index (χ3n) is 4.17. The zero-order chi connectivity index (χ0) is 14.4. The van der Waals surface area contributed by atoms with Crippen LogP contribution < -0.4 is 5.32 Å². The van der Waals surface area contributed by atoms with Crippen molar-refractivity contribution < 1.29 is 14.7 Å². The molecule has 0 aromatic carbocycles. The molecule has 104 valence electrons. The number of aryl methyl sites for hydroxylation is 1. The fourth-order valence-corrected chi connectivity index (χ4v) is 2.60. The normalized spacial score (nSPS) is 24.0. The SMILES string of the molecule is Cc1c(CNC(=O)C2C(C(=O)O)C2(C)C)cnn1C. The summed E-state index contributed by atoms with van der Waals surface area (Å²) in [6.45, 7) is 5.93. The van der Waals surface area contributed by atoms with Crippen LogP contribution in [0.5, 0.6) is 0 Å². The summed E-state index contributed by atoms with van der Waals surface area (Å²) in [5.41, 5.74) is 1.48. The molecular weight excluding hydrogens is 246 g/mol. The van der Waals surface area contributed by atoms with Crippen LogP contribution in [-0.2, 0) is 23.2 Å². The molecule has 2 N–H and O–H groups in total. The number of amides is 1. The first-order chi connectivity index (χ1) is 8.76. The first kappa shape index (κ1) is 13.6. The Morgan fingerprint density at radius 1 is 1.47 bits per heavy atom. The minimum absolute atomic E-state index is 0.194. The first-order valence-electron chi connectivity index (χ1n) is 6.24. The van der Waals surface area contributed by atoms with Crippen LogP contribution in [0.4, 0.5) is 0 Å². The van der Waals surface area contributed by atoms with Crippen LogP contribution in [0, 0.1) is 24.2 Å². The van der Waals surface area contributed by atoms with E-state index in [1.54, 1.807) is 10.9 Å². The highest BCUT2D eigenvalue weighted by Crippen LogP contribution is 2.58. The molecule has 1 aromatic rings. The van der Waals surface area contributed by atoms with Gasteiger partial charge in [-0.25, -0.2) is 0 Å². The highest BCUT2D eigenvalue weighted by molar-refractivity contribution is 5.91. The lowest BCUT2D eigenvalue weighted by molar-refractivity contribution is -0.140. The Labute approximate surface area is 111 Å². The number of carboxylic acids is 1. The third-order valence-corrected chi connectivity index (χ3v) is 4.17. The molecule has 2 atom stereocenters. The van der Waals surface area contributed by atoms with Crippen molar-refractivity contribution in [3.63, 3.8) is 0 Å². The number of aromatic nitrogens is 2. The van der Waals surface area contributed by atoms with Crippen LogP contribution in [0.3, 0.4) is 0 Å². The topological polar surface area (TPSA) is 84.2 Å². The van der Waals surface area contributed by atoms with Gasteiger partial charge in [-0.3, -0.25) is 14.3 Å². The summed E-state index contributed by atoms with van der Waals surface area (Å²) >= 11 is 0. The van der Waals surface area contributed by atoms with Gasteiger partial charge in [-0.05, 0) is 12.3 Å². The molecule has 0 radical (unpaired) electrons. The summed E-state index contributed by atoms with van der Waals surface area (Å²) in [5, 5.41) is 15.9. The first-order valence-corrected chi connectivity index (χ1v) is 6.24. The molecule has 0 saturated heterocycles. The zero-order valence-electron chi connectivity index (χ0n) is 11.6. The maximum atomic E-state index is 12.0. The van der Waals surface area contributed by atoms with E-state index in [2.05, 4.69) is 10.4 Å². The van der Waals surface area contributed by atoms with E-state index in [-0.39, 0.29) is 5.91 Å². The molecule has 6 nitrogen and oxygen atoms in total. The molecule has 0 spiro atoms. The number of nitrogens with zero attached hydrogens (tertiary/aromatic N) is 2. The predicted octanol–water partition coefficient (Wildman–Crippen LogP) is 0.702. The zero-order valence-corrected chi connectivity index (χ0v) is 11.6. The van der Waals surface area contributed by atoms with E-state index in [9.17, 15) is 9.59 Å². The number of carbonyl (C=O) groups is 2. The molecule has 0 bridgehead atoms. The molecule has 1 saturated carbocycles. The number of rotatable bonds is 4. The van der Waals surface area contributed by atoms with Crippen molar-refractivity contribution in [1.82, 2.24) is 15.1 Å². The van der Waals surface area contributed by atoms with Crippen LogP contribution in [0.2, 0.25) is 0 Å². The Morgan fingerprint density at radius 2 is 2.11 bits per heavy atom. The quantitative estimate of drug-likeness (QED) is 0.839. The fraction of sp³-hybridized carbons (Fsp3) is 0.615. The monoisotopic (exact) mass is 265 g/mol. The number of hydrogen-bond donors (Lipinski definition) is 2. The molecule has 19 heavy (non-hydrogen) atoms. The van der Waals surface area contributed by atoms with Crippen molar-refractivity contribution in [2.24, 2.45) is 24.3 Å². The molecule has 2 unspecified atom stereocenters. The molecule has 0 aliphatic heterocycles. The van der Waals surface area contributed by atoms with E-state index < -0.39 is 23.2 Å². The number of carboxylic acid groups (broad SMARTS) is 1. The van der Waals surface area contributed by atoms with Crippen molar-refractivity contribution >= 4 is 11.9 Å². The molecule has 6 heteroatoms. The van der Waals surface area contributed by atoms with Crippen molar-refractivity contribution in [2.75, 3.05) is 0 Å². The standard InChI is InChI=1S/C13H19N3O3/c1-7-8(6-15-16(7)4)5-14-11(17)9-10(12(18)19)13(9,2)3/h6,9-10H,5H2,1-4H3,(H,14,17)(H,18,19). The van der Waals surface area contributed by atoms with Crippen molar-refractivity contribution in [3.8, 4) is 0 Å². The van der Waals surface area contributed by atoms with E-state index in [1.165, 1.54) is 0 Å². The minimum atomic E-state index is -0.900. The molecular formula is C13H19N3O3. The summed E-state index contributed by atoms with van der Waals surface area (Å²) in [5.74, 6) is -2.12. The Balaban J connectivity index is 1.97. The van der Waals surface area contributed by atoms with E-state index in [1.807, 2.05) is 27.8 Å². The van der Waals surface area contributed by atoms with Gasteiger partial charge in [0.2, 0.25) is 5.91 Å². The predicted molar refractivity (Wildman–Crippen MR) is 68.2 cm³/mol. The average Bonchev–Trinajstić information content (AvgIpc) is 2.77. The Hall–Kier alpha value is -1.85. The molecule has 1 heterocycles. The van der Waals surface area contributed by atoms with Gasteiger partial charge in [0.25, 0.3) is 0 Å². The second-order valence-corrected chi connectivity index (χ2v) is 5.71. The Bertz CT molecular complexity index is 533. The van der Waals surface area contributed by atoms with Gasteiger partial charge in [0, 0.05) is 24.8 Å². The van der Waals surface area contributed by atoms with Crippen LogP contribution in [0.15, 0.2) is 6.20 Å². The van der Waals surface area contributed by atoms with E-state index >= 15 is 0 Å². The Morgan fingerprint density at radius 3 is 2.53 bits per heavy atom. The smallest absolute Gasteiger partial charge is 0.307 e. The van der Waals surface area contributed by atoms with Crippen molar-refractivity contribution in [2.45, 2.75) is 27.3 Å². The minimum Gasteiger partial charge on any atom is -0.481 e. The van der Waals surface area contributed by atoms with Gasteiger partial charge in [0.05, 0.1) is 18.0 Å². The second-order valence-electron chi connectivity index (χ2n) is 5.71. The van der Waals surface area contributed by atoms with Crippen molar-refractivity contribution in [1.29, 1.82) is 0 Å². The van der Waals surface area contributed by atoms with Gasteiger partial charge in [0.15, 0.2) is 0 Å². The lowest BCUT2D eigenvalue weighted by Gasteiger charge is -2.05. The van der Waals surface area contributed by atoms with Gasteiger partial charge in [-0.2, -0.15) is 5.10 Å². The maximum absolute atomic E-state index is 12.0. The number of nitrogens with one attached hydrogen (secondary N) is 1. The summed E-state index contributed by atoms with van der Waals surface area (Å²) < 4.78 is 1.74. The molecule has 1 aliphatic rings. The van der Waals surface area contributed by atoms with Gasteiger partial charge in [0.1, 0.15) is 0 Å². The molecule has 1 aliphatic carbocycles. The number of hydrogen-bond acceptors (Lipinski definition) is 3. The molecule has 2 rings (SSSR count). The maximum Gasteiger partial charge on any atom is 0.307 e. The van der Waals surface area contributed by atoms with Gasteiger partial charge in [-0.15, -0.1) is 0 Å². The summed E-state index contributed by atoms with van der Waals surface area (Å²) in [7, 11) is 1.84. The average molecular weight is 265 g/mol. The van der Waals surface area contributed by atoms with Gasteiger partial charge in [-0.1, -0.05) is 13.8 Å². The summed E-state index contributed by atoms with van der Waals surface area (Å²) in [6, 6.07) is 0. The van der Waals surface area contributed by atoms with Crippen LogP contribution >= 0.6 is 0 Å². The largest absolute Gasteiger partial charge is 0.481 e. The van der Waals surface area contributed by atoms with Crippen molar-refractivity contribution in [3.05, 3.63) is 17.5 Å². The highest BCUT2D eigenvalue weighted by Gasteiger charge is 2.65. The lowest BCUT2D eigenvalue weighted by atomic mass is 10.1. The third kappa shape index (κ3) is 2.22. The number of carbonyl (C=O) groups excluding carboxylic acids is 1. The fourth-order valence-electron chi connectivity index (χ4n) is 2.60. The summed E-state index contributed by atoms with van der Waals surface area (Å²) in [6.07, 6.45) is 1.71. The lowest BCUT2D eigenvalue weighted by Crippen LogP contribution is -2.27. The summed E-state index contributed by atoms with van der Waals surface area (Å²) in [4.78, 5) is 23.1. The molecule has 1 aromatic heterocycles. The molecule has 1 amide bonds.